The lowest BCUT2D eigenvalue weighted by Gasteiger charge is -2.17. The molecular weight excluding hydrogens is 328 g/mol. The van der Waals surface area contributed by atoms with Gasteiger partial charge in [-0.15, -0.1) is 0 Å². The van der Waals surface area contributed by atoms with Crippen molar-refractivity contribution in [3.05, 3.63) is 63.1 Å². The van der Waals surface area contributed by atoms with E-state index in [1.165, 1.54) is 18.0 Å². The molecular formula is C13H11BrN2O2S. The van der Waals surface area contributed by atoms with Gasteiger partial charge in [0.2, 0.25) is 0 Å². The van der Waals surface area contributed by atoms with Crippen molar-refractivity contribution in [1.82, 2.24) is 0 Å². The smallest absolute Gasteiger partial charge is 0.284 e. The zero-order chi connectivity index (χ0) is 13.8. The number of nitro groups is 1. The number of nitrogens with zero attached hydrogens (tertiary/aromatic N) is 2. The molecule has 0 heterocycles. The highest BCUT2D eigenvalue weighted by Gasteiger charge is 2.15. The molecule has 0 radical (unpaired) electrons. The zero-order valence-corrected chi connectivity index (χ0v) is 12.5. The van der Waals surface area contributed by atoms with Crippen LogP contribution in [0.1, 0.15) is 0 Å². The maximum Gasteiger partial charge on any atom is 0.284 e. The monoisotopic (exact) mass is 338 g/mol. The van der Waals surface area contributed by atoms with E-state index in [0.29, 0.717) is 4.90 Å². The molecule has 0 atom stereocenters. The Morgan fingerprint density at radius 3 is 2.42 bits per heavy atom. The Balaban J connectivity index is 2.21. The normalized spacial score (nSPS) is 10.2. The van der Waals surface area contributed by atoms with Crippen LogP contribution in [0.15, 0.2) is 57.9 Å². The van der Waals surface area contributed by atoms with E-state index in [-0.39, 0.29) is 10.6 Å². The fraction of sp³-hybridized carbons (Fsp3) is 0.0769. The van der Waals surface area contributed by atoms with Crippen molar-refractivity contribution >= 4 is 39.3 Å². The Kier molecular flexibility index (Phi) is 4.44. The molecule has 0 unspecified atom stereocenters. The molecule has 2 rings (SSSR count). The Morgan fingerprint density at radius 1 is 1.16 bits per heavy atom. The van der Waals surface area contributed by atoms with E-state index in [9.17, 15) is 10.1 Å². The van der Waals surface area contributed by atoms with Gasteiger partial charge in [0.1, 0.15) is 4.90 Å². The summed E-state index contributed by atoms with van der Waals surface area (Å²) in [5.74, 6) is 0. The minimum Gasteiger partial charge on any atom is -0.315 e. The molecule has 2 aromatic rings. The Labute approximate surface area is 123 Å². The maximum atomic E-state index is 11.0. The molecule has 6 heteroatoms. The number of halogens is 1. The summed E-state index contributed by atoms with van der Waals surface area (Å²) in [6.07, 6.45) is 0. The number of hydrogen-bond acceptors (Lipinski definition) is 4. The number of benzene rings is 2. The number of rotatable bonds is 4. The van der Waals surface area contributed by atoms with Crippen LogP contribution in [0.4, 0.5) is 11.4 Å². The molecule has 2 aromatic carbocycles. The molecule has 0 saturated heterocycles. The van der Waals surface area contributed by atoms with Crippen LogP contribution in [0.2, 0.25) is 0 Å². The third-order valence-electron chi connectivity index (χ3n) is 2.49. The average molecular weight is 339 g/mol. The zero-order valence-electron chi connectivity index (χ0n) is 10.1. The quantitative estimate of drug-likeness (QED) is 0.467. The highest BCUT2D eigenvalue weighted by atomic mass is 79.9. The predicted molar refractivity (Wildman–Crippen MR) is 81.5 cm³/mol. The van der Waals surface area contributed by atoms with E-state index in [1.807, 2.05) is 35.6 Å². The van der Waals surface area contributed by atoms with Gasteiger partial charge in [-0.3, -0.25) is 10.1 Å². The molecule has 0 fully saturated rings. The van der Waals surface area contributed by atoms with Gasteiger partial charge < -0.3 is 4.31 Å². The summed E-state index contributed by atoms with van der Waals surface area (Å²) >= 11 is 4.71. The van der Waals surface area contributed by atoms with Crippen LogP contribution < -0.4 is 4.31 Å². The standard InChI is InChI=1S/C13H11BrN2O2S/c1-15(11-8-6-10(14)7-9-11)19-13-5-3-2-4-12(13)16(17)18/h2-9H,1H3. The highest BCUT2D eigenvalue weighted by molar-refractivity contribution is 9.10. The van der Waals surface area contributed by atoms with Crippen molar-refractivity contribution in [2.45, 2.75) is 4.90 Å². The summed E-state index contributed by atoms with van der Waals surface area (Å²) in [5, 5.41) is 11.0. The van der Waals surface area contributed by atoms with Gasteiger partial charge in [0.15, 0.2) is 0 Å². The minimum absolute atomic E-state index is 0.122. The molecule has 0 aromatic heterocycles. The molecule has 98 valence electrons. The Hall–Kier alpha value is -1.53. The van der Waals surface area contributed by atoms with Crippen LogP contribution in [0.5, 0.6) is 0 Å². The molecule has 0 aliphatic heterocycles. The molecule has 4 nitrogen and oxygen atoms in total. The first-order valence-corrected chi connectivity index (χ1v) is 7.05. The van der Waals surface area contributed by atoms with Gasteiger partial charge in [0.25, 0.3) is 5.69 Å². The molecule has 0 saturated carbocycles. The lowest BCUT2D eigenvalue weighted by atomic mass is 10.3. The van der Waals surface area contributed by atoms with Crippen LogP contribution in [0.25, 0.3) is 0 Å². The van der Waals surface area contributed by atoms with Crippen molar-refractivity contribution < 1.29 is 4.92 Å². The third kappa shape index (κ3) is 3.48. The fourth-order valence-electron chi connectivity index (χ4n) is 1.54. The predicted octanol–water partition coefficient (Wildman–Crippen LogP) is 4.50. The van der Waals surface area contributed by atoms with E-state index in [2.05, 4.69) is 15.9 Å². The van der Waals surface area contributed by atoms with Crippen LogP contribution in [-0.4, -0.2) is 12.0 Å². The van der Waals surface area contributed by atoms with Crippen LogP contribution in [0, 0.1) is 10.1 Å². The first-order valence-electron chi connectivity index (χ1n) is 5.48. The second-order valence-corrected chi connectivity index (χ2v) is 5.88. The molecule has 0 amide bonds. The van der Waals surface area contributed by atoms with Crippen LogP contribution in [-0.2, 0) is 0 Å². The van der Waals surface area contributed by atoms with Gasteiger partial charge in [-0.1, -0.05) is 28.1 Å². The molecule has 19 heavy (non-hydrogen) atoms. The van der Waals surface area contributed by atoms with Gasteiger partial charge >= 0.3 is 0 Å². The van der Waals surface area contributed by atoms with Crippen LogP contribution >= 0.6 is 27.9 Å². The summed E-state index contributed by atoms with van der Waals surface area (Å²) < 4.78 is 2.90. The van der Waals surface area contributed by atoms with Crippen molar-refractivity contribution in [3.63, 3.8) is 0 Å². The number of hydrogen-bond donors (Lipinski definition) is 0. The molecule has 0 bridgehead atoms. The summed E-state index contributed by atoms with van der Waals surface area (Å²) in [4.78, 5) is 11.2. The fourth-order valence-corrected chi connectivity index (χ4v) is 2.70. The SMILES string of the molecule is CN(Sc1ccccc1[N+](=O)[O-])c1ccc(Br)cc1. The summed E-state index contributed by atoms with van der Waals surface area (Å²) in [6, 6.07) is 14.5. The van der Waals surface area contributed by atoms with Crippen molar-refractivity contribution in [2.24, 2.45) is 0 Å². The van der Waals surface area contributed by atoms with Crippen molar-refractivity contribution in [3.8, 4) is 0 Å². The lowest BCUT2D eigenvalue weighted by molar-refractivity contribution is -0.387. The molecule has 0 aliphatic carbocycles. The highest BCUT2D eigenvalue weighted by Crippen LogP contribution is 2.33. The lowest BCUT2D eigenvalue weighted by Crippen LogP contribution is -2.06. The van der Waals surface area contributed by atoms with Crippen LogP contribution in [0.3, 0.4) is 0 Å². The largest absolute Gasteiger partial charge is 0.315 e. The first-order chi connectivity index (χ1) is 9.08. The topological polar surface area (TPSA) is 46.4 Å². The Morgan fingerprint density at radius 2 is 1.79 bits per heavy atom. The van der Waals surface area contributed by atoms with Crippen molar-refractivity contribution in [2.75, 3.05) is 11.4 Å². The molecule has 0 N–H and O–H groups in total. The summed E-state index contributed by atoms with van der Waals surface area (Å²) in [6.45, 7) is 0. The van der Waals surface area contributed by atoms with E-state index < -0.39 is 0 Å². The summed E-state index contributed by atoms with van der Waals surface area (Å²) in [5.41, 5.74) is 1.10. The van der Waals surface area contributed by atoms with E-state index in [0.717, 1.165) is 10.2 Å². The second kappa shape index (κ2) is 6.08. The van der Waals surface area contributed by atoms with Gasteiger partial charge in [-0.25, -0.2) is 0 Å². The summed E-state index contributed by atoms with van der Waals surface area (Å²) in [7, 11) is 1.88. The van der Waals surface area contributed by atoms with E-state index in [1.54, 1.807) is 18.2 Å². The molecule has 0 spiro atoms. The number of anilines is 1. The molecule has 0 aliphatic rings. The van der Waals surface area contributed by atoms with Crippen molar-refractivity contribution in [1.29, 1.82) is 0 Å². The second-order valence-electron chi connectivity index (χ2n) is 3.79. The number of nitro benzene ring substituents is 1. The van der Waals surface area contributed by atoms with Gasteiger partial charge in [-0.2, -0.15) is 0 Å². The minimum atomic E-state index is -0.363. The first kappa shape index (κ1) is 13.9. The van der Waals surface area contributed by atoms with E-state index >= 15 is 0 Å². The van der Waals surface area contributed by atoms with Gasteiger partial charge in [0, 0.05) is 23.3 Å². The maximum absolute atomic E-state index is 11.0. The number of para-hydroxylation sites is 1. The van der Waals surface area contributed by atoms with Gasteiger partial charge in [-0.05, 0) is 42.3 Å². The van der Waals surface area contributed by atoms with Gasteiger partial charge in [0.05, 0.1) is 4.92 Å². The van der Waals surface area contributed by atoms with E-state index in [4.69, 9.17) is 0 Å². The third-order valence-corrected chi connectivity index (χ3v) is 4.04. The average Bonchev–Trinajstić information content (AvgIpc) is 2.39. The Bertz CT molecular complexity index is 589.